The number of carbonyl (C=O) groups is 1. The molecule has 4 rings (SSSR count). The summed E-state index contributed by atoms with van der Waals surface area (Å²) < 4.78 is 5.90. The molecule has 1 fully saturated rings. The first-order valence-corrected chi connectivity index (χ1v) is 9.63. The van der Waals surface area contributed by atoms with Crippen molar-refractivity contribution in [2.75, 3.05) is 19.7 Å². The Hall–Kier alpha value is -3.11. The van der Waals surface area contributed by atoms with Crippen molar-refractivity contribution in [3.63, 3.8) is 0 Å². The molecule has 1 aliphatic heterocycles. The van der Waals surface area contributed by atoms with E-state index in [0.29, 0.717) is 19.7 Å². The summed E-state index contributed by atoms with van der Waals surface area (Å²) >= 11 is 0. The van der Waals surface area contributed by atoms with Crippen LogP contribution in [0, 0.1) is 0 Å². The third-order valence-corrected chi connectivity index (χ3v) is 5.06. The summed E-state index contributed by atoms with van der Waals surface area (Å²) in [6, 6.07) is 30.0. The molecule has 1 heterocycles. The van der Waals surface area contributed by atoms with Gasteiger partial charge in [-0.15, -0.1) is 0 Å². The molecule has 1 N–H and O–H groups in total. The summed E-state index contributed by atoms with van der Waals surface area (Å²) in [4.78, 5) is 14.9. The standard InChI is InChI=1S/C24H24N2O2/c27-24(26-16-17-28-22(18-26)19-10-4-1-5-11-19)25-23(20-12-6-2-7-13-20)21-14-8-3-9-15-21/h1-15,22-23H,16-18H2,(H,25,27). The summed E-state index contributed by atoms with van der Waals surface area (Å²) in [6.45, 7) is 1.67. The Bertz CT molecular complexity index is 845. The van der Waals surface area contributed by atoms with Crippen LogP contribution in [-0.4, -0.2) is 30.6 Å². The molecular formula is C24H24N2O2. The molecule has 142 valence electrons. The lowest BCUT2D eigenvalue weighted by atomic mass is 9.99. The average Bonchev–Trinajstić information content (AvgIpc) is 2.79. The summed E-state index contributed by atoms with van der Waals surface area (Å²) in [5, 5.41) is 3.22. The molecule has 0 spiro atoms. The minimum atomic E-state index is -0.187. The molecule has 1 unspecified atom stereocenters. The van der Waals surface area contributed by atoms with Crippen LogP contribution in [0.15, 0.2) is 91.0 Å². The molecule has 0 radical (unpaired) electrons. The van der Waals surface area contributed by atoms with Crippen molar-refractivity contribution < 1.29 is 9.53 Å². The first-order valence-electron chi connectivity index (χ1n) is 9.63. The maximum atomic E-state index is 13.1. The minimum absolute atomic E-state index is 0.0677. The Morgan fingerprint density at radius 1 is 0.857 bits per heavy atom. The molecule has 1 atom stereocenters. The zero-order valence-corrected chi connectivity index (χ0v) is 15.7. The van der Waals surface area contributed by atoms with Gasteiger partial charge in [-0.25, -0.2) is 4.79 Å². The summed E-state index contributed by atoms with van der Waals surface area (Å²) in [5.41, 5.74) is 3.23. The van der Waals surface area contributed by atoms with Gasteiger partial charge in [0.2, 0.25) is 0 Å². The van der Waals surface area contributed by atoms with E-state index < -0.39 is 0 Å². The van der Waals surface area contributed by atoms with Crippen LogP contribution >= 0.6 is 0 Å². The van der Waals surface area contributed by atoms with E-state index in [4.69, 9.17) is 4.74 Å². The SMILES string of the molecule is O=C(NC(c1ccccc1)c1ccccc1)N1CCOC(c2ccccc2)C1. The van der Waals surface area contributed by atoms with Gasteiger partial charge in [0.15, 0.2) is 0 Å². The van der Waals surface area contributed by atoms with E-state index in [-0.39, 0.29) is 18.2 Å². The summed E-state index contributed by atoms with van der Waals surface area (Å²) in [6.07, 6.45) is -0.0902. The highest BCUT2D eigenvalue weighted by molar-refractivity contribution is 5.75. The molecule has 0 aliphatic carbocycles. The zero-order valence-electron chi connectivity index (χ0n) is 15.7. The largest absolute Gasteiger partial charge is 0.370 e. The highest BCUT2D eigenvalue weighted by Gasteiger charge is 2.27. The third-order valence-electron chi connectivity index (χ3n) is 5.06. The van der Waals surface area contributed by atoms with E-state index >= 15 is 0 Å². The Morgan fingerprint density at radius 2 is 1.39 bits per heavy atom. The van der Waals surface area contributed by atoms with Gasteiger partial charge in [-0.05, 0) is 16.7 Å². The van der Waals surface area contributed by atoms with Crippen molar-refractivity contribution in [2.45, 2.75) is 12.1 Å². The molecule has 1 saturated heterocycles. The lowest BCUT2D eigenvalue weighted by Gasteiger charge is -2.34. The number of rotatable bonds is 4. The van der Waals surface area contributed by atoms with Crippen molar-refractivity contribution in [1.29, 1.82) is 0 Å². The molecular weight excluding hydrogens is 348 g/mol. The predicted molar refractivity (Wildman–Crippen MR) is 110 cm³/mol. The Balaban J connectivity index is 1.51. The molecule has 3 aromatic carbocycles. The van der Waals surface area contributed by atoms with Gasteiger partial charge >= 0.3 is 6.03 Å². The van der Waals surface area contributed by atoms with Crippen LogP contribution in [-0.2, 0) is 4.74 Å². The zero-order chi connectivity index (χ0) is 19.2. The Kier molecular flexibility index (Phi) is 5.69. The molecule has 2 amide bonds. The Morgan fingerprint density at radius 3 is 1.96 bits per heavy atom. The lowest BCUT2D eigenvalue weighted by molar-refractivity contribution is -0.0156. The van der Waals surface area contributed by atoms with Gasteiger partial charge in [-0.3, -0.25) is 0 Å². The average molecular weight is 372 g/mol. The van der Waals surface area contributed by atoms with E-state index in [1.807, 2.05) is 95.9 Å². The number of amides is 2. The van der Waals surface area contributed by atoms with Gasteiger partial charge in [-0.2, -0.15) is 0 Å². The van der Waals surface area contributed by atoms with Gasteiger partial charge in [-0.1, -0.05) is 91.0 Å². The molecule has 1 aliphatic rings. The highest BCUT2D eigenvalue weighted by atomic mass is 16.5. The molecule has 0 saturated carbocycles. The fourth-order valence-electron chi connectivity index (χ4n) is 3.57. The van der Waals surface area contributed by atoms with Crippen LogP contribution in [0.3, 0.4) is 0 Å². The number of hydrogen-bond acceptors (Lipinski definition) is 2. The van der Waals surface area contributed by atoms with Crippen LogP contribution in [0.2, 0.25) is 0 Å². The number of carbonyl (C=O) groups excluding carboxylic acids is 1. The van der Waals surface area contributed by atoms with Crippen molar-refractivity contribution >= 4 is 6.03 Å². The van der Waals surface area contributed by atoms with Gasteiger partial charge in [0, 0.05) is 6.54 Å². The molecule has 4 heteroatoms. The van der Waals surface area contributed by atoms with Crippen molar-refractivity contribution in [1.82, 2.24) is 10.2 Å². The Labute approximate surface area is 165 Å². The number of nitrogens with zero attached hydrogens (tertiary/aromatic N) is 1. The fraction of sp³-hybridized carbons (Fsp3) is 0.208. The van der Waals surface area contributed by atoms with Crippen molar-refractivity contribution in [2.24, 2.45) is 0 Å². The maximum absolute atomic E-state index is 13.1. The van der Waals surface area contributed by atoms with Crippen molar-refractivity contribution in [3.05, 3.63) is 108 Å². The van der Waals surface area contributed by atoms with Crippen molar-refractivity contribution in [3.8, 4) is 0 Å². The number of morpholine rings is 1. The molecule has 3 aromatic rings. The summed E-state index contributed by atoms with van der Waals surface area (Å²) in [5.74, 6) is 0. The monoisotopic (exact) mass is 372 g/mol. The lowest BCUT2D eigenvalue weighted by Crippen LogP contribution is -2.48. The van der Waals surface area contributed by atoms with Gasteiger partial charge in [0.25, 0.3) is 0 Å². The smallest absolute Gasteiger partial charge is 0.318 e. The van der Waals surface area contributed by atoms with E-state index in [9.17, 15) is 4.79 Å². The van der Waals surface area contributed by atoms with Crippen LogP contribution < -0.4 is 5.32 Å². The summed E-state index contributed by atoms with van der Waals surface area (Å²) in [7, 11) is 0. The number of urea groups is 1. The van der Waals surface area contributed by atoms with Crippen LogP contribution in [0.5, 0.6) is 0 Å². The topological polar surface area (TPSA) is 41.6 Å². The predicted octanol–water partition coefficient (Wildman–Crippen LogP) is 4.56. The second-order valence-electron chi connectivity index (χ2n) is 6.92. The first-order chi connectivity index (χ1) is 13.8. The van der Waals surface area contributed by atoms with E-state index in [0.717, 1.165) is 16.7 Å². The molecule has 28 heavy (non-hydrogen) atoms. The number of ether oxygens (including phenoxy) is 1. The van der Waals surface area contributed by atoms with E-state index in [1.54, 1.807) is 0 Å². The number of benzene rings is 3. The molecule has 4 nitrogen and oxygen atoms in total. The quantitative estimate of drug-likeness (QED) is 0.729. The highest BCUT2D eigenvalue weighted by Crippen LogP contribution is 2.25. The van der Waals surface area contributed by atoms with Crippen LogP contribution in [0.4, 0.5) is 4.79 Å². The van der Waals surface area contributed by atoms with Gasteiger partial charge in [0.1, 0.15) is 6.10 Å². The third kappa shape index (κ3) is 4.24. The van der Waals surface area contributed by atoms with E-state index in [1.165, 1.54) is 0 Å². The van der Waals surface area contributed by atoms with Gasteiger partial charge < -0.3 is 15.0 Å². The second kappa shape index (κ2) is 8.72. The fourth-order valence-corrected chi connectivity index (χ4v) is 3.57. The molecule has 0 bridgehead atoms. The number of hydrogen-bond donors (Lipinski definition) is 1. The van der Waals surface area contributed by atoms with Gasteiger partial charge in [0.05, 0.1) is 19.2 Å². The van der Waals surface area contributed by atoms with E-state index in [2.05, 4.69) is 5.32 Å². The number of nitrogens with one attached hydrogen (secondary N) is 1. The van der Waals surface area contributed by atoms with Crippen LogP contribution in [0.1, 0.15) is 28.8 Å². The normalized spacial score (nSPS) is 16.8. The van der Waals surface area contributed by atoms with Crippen LogP contribution in [0.25, 0.3) is 0 Å². The first kappa shape index (κ1) is 18.3. The molecule has 0 aromatic heterocycles. The maximum Gasteiger partial charge on any atom is 0.318 e. The minimum Gasteiger partial charge on any atom is -0.370 e. The second-order valence-corrected chi connectivity index (χ2v) is 6.92.